The zero-order valence-corrected chi connectivity index (χ0v) is 10.1. The third kappa shape index (κ3) is 3.19. The minimum Gasteiger partial charge on any atom is -0.490 e. The lowest BCUT2D eigenvalue weighted by Crippen LogP contribution is -2.25. The Morgan fingerprint density at radius 1 is 1.42 bits per heavy atom. The van der Waals surface area contributed by atoms with Gasteiger partial charge in [-0.05, 0) is 12.1 Å². The lowest BCUT2D eigenvalue weighted by Gasteiger charge is -2.23. The minimum atomic E-state index is -1.33. The fourth-order valence-corrected chi connectivity index (χ4v) is 1.90. The van der Waals surface area contributed by atoms with Crippen molar-refractivity contribution >= 4 is 11.7 Å². The molecule has 1 aliphatic heterocycles. The number of carbonyl (C=O) groups is 1. The molecule has 0 bridgehead atoms. The Kier molecular flexibility index (Phi) is 3.96. The maximum Gasteiger partial charge on any atom is 0.342 e. The van der Waals surface area contributed by atoms with E-state index >= 15 is 0 Å². The highest BCUT2D eigenvalue weighted by Crippen LogP contribution is 2.26. The normalized spacial score (nSPS) is 16.0. The van der Waals surface area contributed by atoms with Crippen molar-refractivity contribution in [2.75, 3.05) is 13.2 Å². The van der Waals surface area contributed by atoms with E-state index in [1.807, 2.05) is 0 Å². The van der Waals surface area contributed by atoms with E-state index in [-0.39, 0.29) is 11.7 Å². The van der Waals surface area contributed by atoms with Crippen LogP contribution >= 0.6 is 0 Å². The second-order valence-electron chi connectivity index (χ2n) is 4.17. The van der Waals surface area contributed by atoms with Gasteiger partial charge in [-0.25, -0.2) is 4.79 Å². The first-order chi connectivity index (χ1) is 9.08. The lowest BCUT2D eigenvalue weighted by atomic mass is 10.1. The Hall–Kier alpha value is -2.15. The molecule has 1 N–H and O–H groups in total. The molecule has 1 heterocycles. The fourth-order valence-electron chi connectivity index (χ4n) is 1.90. The van der Waals surface area contributed by atoms with Crippen LogP contribution in [0.1, 0.15) is 23.2 Å². The van der Waals surface area contributed by atoms with Crippen molar-refractivity contribution < 1.29 is 24.3 Å². The number of hydrogen-bond acceptors (Lipinski definition) is 5. The summed E-state index contributed by atoms with van der Waals surface area (Å²) in [6.07, 6.45) is 1.38. The molecule has 7 heteroatoms. The first-order valence-electron chi connectivity index (χ1n) is 5.84. The highest BCUT2D eigenvalue weighted by molar-refractivity contribution is 5.92. The second-order valence-corrected chi connectivity index (χ2v) is 4.17. The number of ether oxygens (including phenoxy) is 2. The van der Waals surface area contributed by atoms with Crippen molar-refractivity contribution in [3.05, 3.63) is 33.9 Å². The van der Waals surface area contributed by atoms with E-state index in [1.165, 1.54) is 12.1 Å². The highest BCUT2D eigenvalue weighted by atomic mass is 16.6. The van der Waals surface area contributed by atoms with Gasteiger partial charge in [0.1, 0.15) is 17.4 Å². The Bertz CT molecular complexity index is 495. The summed E-state index contributed by atoms with van der Waals surface area (Å²) in [7, 11) is 0. The number of hydrogen-bond donors (Lipinski definition) is 1. The number of nitro groups is 1. The molecule has 1 saturated heterocycles. The zero-order chi connectivity index (χ0) is 13.8. The van der Waals surface area contributed by atoms with E-state index in [4.69, 9.17) is 14.6 Å². The Morgan fingerprint density at radius 2 is 2.11 bits per heavy atom. The van der Waals surface area contributed by atoms with Gasteiger partial charge in [-0.3, -0.25) is 10.1 Å². The van der Waals surface area contributed by atoms with Crippen molar-refractivity contribution in [3.63, 3.8) is 0 Å². The highest BCUT2D eigenvalue weighted by Gasteiger charge is 2.22. The molecule has 0 saturated carbocycles. The molecule has 1 fully saturated rings. The smallest absolute Gasteiger partial charge is 0.342 e. The summed E-state index contributed by atoms with van der Waals surface area (Å²) in [5.41, 5.74) is -0.804. The van der Waals surface area contributed by atoms with Gasteiger partial charge in [0.2, 0.25) is 0 Å². The second kappa shape index (κ2) is 5.66. The number of carboxylic acid groups (broad SMARTS) is 1. The molecular formula is C12H13NO6. The predicted molar refractivity (Wildman–Crippen MR) is 64.5 cm³/mol. The number of aromatic carboxylic acids is 1. The molecular weight excluding hydrogens is 254 g/mol. The van der Waals surface area contributed by atoms with Crippen LogP contribution in [0.5, 0.6) is 5.75 Å². The van der Waals surface area contributed by atoms with Crippen LogP contribution in [-0.2, 0) is 4.74 Å². The minimum absolute atomic E-state index is 0.0518. The van der Waals surface area contributed by atoms with Crippen LogP contribution in [0.2, 0.25) is 0 Å². The maximum absolute atomic E-state index is 10.9. The van der Waals surface area contributed by atoms with Gasteiger partial charge in [-0.15, -0.1) is 0 Å². The molecule has 0 spiro atoms. The Balaban J connectivity index is 2.20. The van der Waals surface area contributed by atoms with Gasteiger partial charge in [0, 0.05) is 12.8 Å². The largest absolute Gasteiger partial charge is 0.490 e. The summed E-state index contributed by atoms with van der Waals surface area (Å²) in [4.78, 5) is 21.0. The number of carboxylic acids is 1. The van der Waals surface area contributed by atoms with Crippen LogP contribution in [-0.4, -0.2) is 35.3 Å². The molecule has 0 unspecified atom stereocenters. The van der Waals surface area contributed by atoms with Crippen LogP contribution in [0.3, 0.4) is 0 Å². The average molecular weight is 267 g/mol. The zero-order valence-electron chi connectivity index (χ0n) is 10.1. The third-order valence-electron chi connectivity index (χ3n) is 2.87. The number of nitro benzene ring substituents is 1. The van der Waals surface area contributed by atoms with Crippen LogP contribution in [0.25, 0.3) is 0 Å². The molecule has 2 rings (SSSR count). The van der Waals surface area contributed by atoms with Crippen molar-refractivity contribution in [1.29, 1.82) is 0 Å². The van der Waals surface area contributed by atoms with E-state index in [0.717, 1.165) is 6.07 Å². The van der Waals surface area contributed by atoms with Gasteiger partial charge in [0.25, 0.3) is 5.69 Å². The SMILES string of the molecule is O=C(O)c1ccc(OC2CCOCC2)cc1[N+](=O)[O-]. The van der Waals surface area contributed by atoms with Gasteiger partial charge in [0.15, 0.2) is 0 Å². The predicted octanol–water partition coefficient (Wildman–Crippen LogP) is 1.85. The summed E-state index contributed by atoms with van der Waals surface area (Å²) in [6.45, 7) is 1.19. The van der Waals surface area contributed by atoms with Gasteiger partial charge in [0.05, 0.1) is 24.2 Å². The van der Waals surface area contributed by atoms with E-state index in [9.17, 15) is 14.9 Å². The van der Waals surface area contributed by atoms with E-state index < -0.39 is 16.6 Å². The summed E-state index contributed by atoms with van der Waals surface area (Å²) >= 11 is 0. The first kappa shape index (κ1) is 13.3. The number of rotatable bonds is 4. The fraction of sp³-hybridized carbons (Fsp3) is 0.417. The topological polar surface area (TPSA) is 98.9 Å². The molecule has 0 amide bonds. The molecule has 1 aromatic carbocycles. The van der Waals surface area contributed by atoms with Crippen LogP contribution < -0.4 is 4.74 Å². The molecule has 0 atom stereocenters. The van der Waals surface area contributed by atoms with E-state index in [2.05, 4.69) is 0 Å². The van der Waals surface area contributed by atoms with Crippen molar-refractivity contribution in [1.82, 2.24) is 0 Å². The van der Waals surface area contributed by atoms with Gasteiger partial charge >= 0.3 is 5.97 Å². The first-order valence-corrected chi connectivity index (χ1v) is 5.84. The monoisotopic (exact) mass is 267 g/mol. The Morgan fingerprint density at radius 3 is 2.68 bits per heavy atom. The summed E-state index contributed by atoms with van der Waals surface area (Å²) < 4.78 is 10.8. The van der Waals surface area contributed by atoms with Gasteiger partial charge in [-0.2, -0.15) is 0 Å². The van der Waals surface area contributed by atoms with E-state index in [1.54, 1.807) is 0 Å². The van der Waals surface area contributed by atoms with Crippen molar-refractivity contribution in [3.8, 4) is 5.75 Å². The summed E-state index contributed by atoms with van der Waals surface area (Å²) in [5.74, 6) is -1.02. The number of nitrogens with zero attached hydrogens (tertiary/aromatic N) is 1. The van der Waals surface area contributed by atoms with Crippen LogP contribution in [0.4, 0.5) is 5.69 Å². The maximum atomic E-state index is 10.9. The molecule has 0 radical (unpaired) electrons. The molecule has 1 aromatic rings. The molecule has 102 valence electrons. The third-order valence-corrected chi connectivity index (χ3v) is 2.87. The molecule has 19 heavy (non-hydrogen) atoms. The molecule has 0 aromatic heterocycles. The molecule has 1 aliphatic rings. The van der Waals surface area contributed by atoms with Gasteiger partial charge in [-0.1, -0.05) is 0 Å². The summed E-state index contributed by atoms with van der Waals surface area (Å²) in [6, 6.07) is 3.78. The van der Waals surface area contributed by atoms with E-state index in [0.29, 0.717) is 31.8 Å². The van der Waals surface area contributed by atoms with Crippen molar-refractivity contribution in [2.24, 2.45) is 0 Å². The van der Waals surface area contributed by atoms with Crippen LogP contribution in [0, 0.1) is 10.1 Å². The van der Waals surface area contributed by atoms with Crippen molar-refractivity contribution in [2.45, 2.75) is 18.9 Å². The lowest BCUT2D eigenvalue weighted by molar-refractivity contribution is -0.385. The quantitative estimate of drug-likeness (QED) is 0.660. The van der Waals surface area contributed by atoms with Gasteiger partial charge < -0.3 is 14.6 Å². The number of benzene rings is 1. The molecule has 7 nitrogen and oxygen atoms in total. The summed E-state index contributed by atoms with van der Waals surface area (Å²) in [5, 5.41) is 19.7. The molecule has 0 aliphatic carbocycles. The average Bonchev–Trinajstić information content (AvgIpc) is 2.39. The standard InChI is InChI=1S/C12H13NO6/c14-12(15)10-2-1-9(7-11(10)13(16)17)19-8-3-5-18-6-4-8/h1-2,7-8H,3-6H2,(H,14,15). The van der Waals surface area contributed by atoms with Crippen LogP contribution in [0.15, 0.2) is 18.2 Å². The Labute approximate surface area is 108 Å².